The van der Waals surface area contributed by atoms with Gasteiger partial charge in [-0.1, -0.05) is 82.2 Å². The van der Waals surface area contributed by atoms with Crippen LogP contribution in [0.4, 0.5) is 0 Å². The third kappa shape index (κ3) is 11.5. The maximum Gasteiger partial charge on any atom is 0.338 e. The number of aliphatic hydroxyl groups excluding tert-OH is 1. The summed E-state index contributed by atoms with van der Waals surface area (Å²) in [6.45, 7) is 18.2. The second kappa shape index (κ2) is 22.7. The first-order valence-corrected chi connectivity index (χ1v) is 26.1. The average Bonchev–Trinajstić information content (AvgIpc) is 3.68. The molecule has 0 radical (unpaired) electrons. The molecule has 0 amide bonds. The molecular weight excluding hydrogens is 913 g/mol. The SMILES string of the molecule is CC[C@H](C)[C@H]1O[C@]2(CC[C@@H]1C)C[C@@H]1C[C@@H](C/C=C(\C)[C@@H](O[C@H]3C[C@H](OC)[C@@H](O[C@H]4C[C@H](OC)[C@@H](O)[C@H](C)O4)[C@H](C)O3)[C@@H](C)/C=C/C=C3\CO[C@@H]4[C@H](OC(=O)c5ccc(C)cc5)C(C)=C[C@@H](C(=O)O1)[C@]34O)O2. The fourth-order valence-electron chi connectivity index (χ4n) is 12.0. The van der Waals surface area contributed by atoms with Crippen molar-refractivity contribution in [2.24, 2.45) is 23.7 Å². The van der Waals surface area contributed by atoms with Gasteiger partial charge in [0, 0.05) is 52.2 Å². The zero-order chi connectivity index (χ0) is 50.9. The molecule has 1 aliphatic carbocycles. The van der Waals surface area contributed by atoms with Gasteiger partial charge >= 0.3 is 11.9 Å². The number of hydrogen-bond acceptors (Lipinski definition) is 15. The topological polar surface area (TPSA) is 176 Å². The molecule has 1 spiro atoms. The van der Waals surface area contributed by atoms with Crippen LogP contribution in [-0.2, 0) is 56.9 Å². The van der Waals surface area contributed by atoms with Crippen LogP contribution in [-0.4, -0.2) is 140 Å². The summed E-state index contributed by atoms with van der Waals surface area (Å²) in [5.74, 6) is -2.91. The first-order chi connectivity index (χ1) is 33.9. The minimum absolute atomic E-state index is 0.0132. The van der Waals surface area contributed by atoms with E-state index in [1.54, 1.807) is 52.4 Å². The lowest BCUT2D eigenvalue weighted by Gasteiger charge is -2.51. The Morgan fingerprint density at radius 3 is 2.31 bits per heavy atom. The Morgan fingerprint density at radius 2 is 1.59 bits per heavy atom. The van der Waals surface area contributed by atoms with E-state index in [0.717, 1.165) is 24.0 Å². The van der Waals surface area contributed by atoms with Crippen molar-refractivity contribution in [1.29, 1.82) is 0 Å². The predicted molar refractivity (Wildman–Crippen MR) is 262 cm³/mol. The highest BCUT2D eigenvalue weighted by Crippen LogP contribution is 2.49. The van der Waals surface area contributed by atoms with Crippen LogP contribution in [0.5, 0.6) is 0 Å². The second-order valence-corrected chi connectivity index (χ2v) is 21.6. The van der Waals surface area contributed by atoms with Gasteiger partial charge in [0.1, 0.15) is 35.9 Å². The predicted octanol–water partition coefficient (Wildman–Crippen LogP) is 7.77. The molecule has 5 fully saturated rings. The van der Waals surface area contributed by atoms with Crippen molar-refractivity contribution in [3.05, 3.63) is 82.5 Å². The van der Waals surface area contributed by atoms with Gasteiger partial charge < -0.3 is 62.3 Å². The van der Waals surface area contributed by atoms with Gasteiger partial charge in [-0.15, -0.1) is 0 Å². The molecule has 8 rings (SSSR count). The van der Waals surface area contributed by atoms with Crippen molar-refractivity contribution < 1.29 is 71.9 Å². The van der Waals surface area contributed by atoms with Crippen LogP contribution in [0.25, 0.3) is 0 Å². The molecule has 394 valence electrons. The van der Waals surface area contributed by atoms with Crippen molar-refractivity contribution in [1.82, 2.24) is 0 Å². The van der Waals surface area contributed by atoms with E-state index in [0.29, 0.717) is 67.1 Å². The third-order valence-electron chi connectivity index (χ3n) is 16.4. The molecule has 6 heterocycles. The number of aliphatic hydroxyl groups is 2. The number of hydrogen-bond donors (Lipinski definition) is 2. The van der Waals surface area contributed by atoms with Crippen LogP contribution in [0.3, 0.4) is 0 Å². The Bertz CT molecular complexity index is 2130. The van der Waals surface area contributed by atoms with Crippen molar-refractivity contribution in [2.45, 2.75) is 211 Å². The summed E-state index contributed by atoms with van der Waals surface area (Å²) in [7, 11) is 3.22. The lowest BCUT2D eigenvalue weighted by atomic mass is 9.70. The van der Waals surface area contributed by atoms with Gasteiger partial charge in [-0.25, -0.2) is 4.79 Å². The smallest absolute Gasteiger partial charge is 0.338 e. The zero-order valence-corrected chi connectivity index (χ0v) is 43.7. The monoisotopic (exact) mass is 993 g/mol. The largest absolute Gasteiger partial charge is 0.462 e. The lowest BCUT2D eigenvalue weighted by Crippen LogP contribution is -2.59. The van der Waals surface area contributed by atoms with Crippen molar-refractivity contribution in [3.63, 3.8) is 0 Å². The Balaban J connectivity index is 1.11. The number of fused-ring (bicyclic) bond motifs is 2. The molecule has 7 aliphatic rings. The molecule has 1 aromatic rings. The number of methoxy groups -OCH3 is 2. The van der Waals surface area contributed by atoms with Gasteiger partial charge in [-0.05, 0) is 88.1 Å². The van der Waals surface area contributed by atoms with Crippen LogP contribution in [0.2, 0.25) is 0 Å². The molecule has 20 atom stereocenters. The second-order valence-electron chi connectivity index (χ2n) is 21.6. The molecule has 0 unspecified atom stereocenters. The highest BCUT2D eigenvalue weighted by molar-refractivity contribution is 5.90. The summed E-state index contributed by atoms with van der Waals surface area (Å²) >= 11 is 0. The van der Waals surface area contributed by atoms with Gasteiger partial charge in [0.2, 0.25) is 0 Å². The van der Waals surface area contributed by atoms with E-state index < -0.39 is 103 Å². The number of esters is 2. The fraction of sp³-hybridized carbons (Fsp3) is 0.714. The molecule has 15 heteroatoms. The molecule has 2 bridgehead atoms. The number of rotatable bonds is 10. The molecular formula is C56H80O15. The summed E-state index contributed by atoms with van der Waals surface area (Å²) in [5.41, 5.74) is 1.43. The highest BCUT2D eigenvalue weighted by atomic mass is 16.7. The summed E-state index contributed by atoms with van der Waals surface area (Å²) in [6, 6.07) is 7.09. The Morgan fingerprint density at radius 1 is 0.887 bits per heavy atom. The summed E-state index contributed by atoms with van der Waals surface area (Å²) < 4.78 is 70.9. The molecule has 5 saturated heterocycles. The zero-order valence-electron chi connectivity index (χ0n) is 43.7. The van der Waals surface area contributed by atoms with Crippen molar-refractivity contribution >= 4 is 11.9 Å². The molecule has 71 heavy (non-hydrogen) atoms. The minimum atomic E-state index is -1.92. The normalized spacial score (nSPS) is 44.5. The first-order valence-electron chi connectivity index (χ1n) is 26.1. The van der Waals surface area contributed by atoms with Crippen molar-refractivity contribution in [2.75, 3.05) is 20.8 Å². The molecule has 0 saturated carbocycles. The van der Waals surface area contributed by atoms with Gasteiger partial charge in [0.25, 0.3) is 0 Å². The number of carbonyl (C=O) groups is 2. The van der Waals surface area contributed by atoms with Gasteiger partial charge in [-0.3, -0.25) is 4.79 Å². The number of ether oxygens (including phenoxy) is 11. The quantitative estimate of drug-likeness (QED) is 0.172. The van der Waals surface area contributed by atoms with Crippen LogP contribution in [0.15, 0.2) is 71.4 Å². The van der Waals surface area contributed by atoms with Crippen LogP contribution >= 0.6 is 0 Å². The number of aryl methyl sites for hydroxylation is 1. The number of benzene rings is 1. The van der Waals surface area contributed by atoms with Gasteiger partial charge in [0.15, 0.2) is 24.5 Å². The van der Waals surface area contributed by atoms with E-state index in [2.05, 4.69) is 40.7 Å². The van der Waals surface area contributed by atoms with Crippen LogP contribution < -0.4 is 0 Å². The van der Waals surface area contributed by atoms with E-state index in [9.17, 15) is 19.8 Å². The summed E-state index contributed by atoms with van der Waals surface area (Å²) in [4.78, 5) is 28.4. The van der Waals surface area contributed by atoms with E-state index in [-0.39, 0.29) is 24.7 Å². The first kappa shape index (κ1) is 54.0. The highest BCUT2D eigenvalue weighted by Gasteiger charge is 2.61. The lowest BCUT2D eigenvalue weighted by molar-refractivity contribution is -0.340. The third-order valence-corrected chi connectivity index (χ3v) is 16.4. The molecule has 6 aliphatic heterocycles. The molecule has 2 N–H and O–H groups in total. The van der Waals surface area contributed by atoms with Crippen molar-refractivity contribution in [3.8, 4) is 0 Å². The minimum Gasteiger partial charge on any atom is -0.462 e. The van der Waals surface area contributed by atoms with Crippen LogP contribution in [0, 0.1) is 30.6 Å². The molecule has 0 aromatic heterocycles. The standard InChI is InChI=1S/C56H80O15/c1-12-31(3)49-34(6)22-23-55(71-49)28-41-25-40(70-55)21-18-33(5)48(67-46-27-44(62-11)51(37(9)65-46)68-45-26-43(61-10)47(57)36(8)64-45)32(4)14-13-15-39-29-63-52-50(69-53(58)38-19-16-30(2)17-20-38)35(7)24-42(54(59)66-41)56(39,52)60/h13-20,24,31-32,34,36-37,40-52,57,60H,12,21-23,25-29H2,1-11H3/b14-13+,33-18+,39-15+/t31-,32-,34-,36-,37-,40+,41-,42-,43-,44-,45-,46-,47-,48-,49+,50+,51-,52+,55+,56+/m0/s1. The Kier molecular flexibility index (Phi) is 17.2. The molecule has 1 aromatic carbocycles. The van der Waals surface area contributed by atoms with E-state index in [1.165, 1.54) is 0 Å². The summed E-state index contributed by atoms with van der Waals surface area (Å²) in [5, 5.41) is 23.7. The van der Waals surface area contributed by atoms with Crippen LogP contribution in [0.1, 0.15) is 123 Å². The Hall–Kier alpha value is -3.32. The van der Waals surface area contributed by atoms with E-state index in [4.69, 9.17) is 52.1 Å². The summed E-state index contributed by atoms with van der Waals surface area (Å²) in [6.07, 6.45) is 6.12. The van der Waals surface area contributed by atoms with Gasteiger partial charge in [0.05, 0.1) is 54.9 Å². The van der Waals surface area contributed by atoms with E-state index >= 15 is 0 Å². The average molecular weight is 993 g/mol. The maximum atomic E-state index is 14.8. The van der Waals surface area contributed by atoms with E-state index in [1.807, 2.05) is 38.1 Å². The molecule has 15 nitrogen and oxygen atoms in total. The van der Waals surface area contributed by atoms with Gasteiger partial charge in [-0.2, -0.15) is 0 Å². The Labute approximate surface area is 420 Å². The maximum absolute atomic E-state index is 14.8. The number of allylic oxidation sites excluding steroid dienone is 2. The fourth-order valence-corrected chi connectivity index (χ4v) is 12.0. The number of carbonyl (C=O) groups excluding carboxylic acids is 2.